The number of aromatic nitrogens is 1. The van der Waals surface area contributed by atoms with Crippen molar-refractivity contribution in [3.05, 3.63) is 170 Å². The third-order valence-electron chi connectivity index (χ3n) is 8.80. The van der Waals surface area contributed by atoms with E-state index in [1.54, 1.807) is 0 Å². The quantitative estimate of drug-likeness (QED) is 0.203. The van der Waals surface area contributed by atoms with Gasteiger partial charge in [-0.05, 0) is 72.3 Å². The first-order valence-electron chi connectivity index (χ1n) is 15.3. The summed E-state index contributed by atoms with van der Waals surface area (Å²) in [5.74, 6) is 0. The van der Waals surface area contributed by atoms with Gasteiger partial charge in [0.2, 0.25) is 0 Å². The molecule has 7 aromatic carbocycles. The Kier molecular flexibility index (Phi) is 5.82. The van der Waals surface area contributed by atoms with Gasteiger partial charge in [-0.1, -0.05) is 103 Å². The van der Waals surface area contributed by atoms with E-state index in [9.17, 15) is 0 Å². The van der Waals surface area contributed by atoms with Crippen molar-refractivity contribution in [2.24, 2.45) is 0 Å². The second-order valence-corrected chi connectivity index (χ2v) is 11.4. The average molecular weight is 577 g/mol. The van der Waals surface area contributed by atoms with Gasteiger partial charge >= 0.3 is 0 Å². The molecule has 0 amide bonds. The molecule has 3 heteroatoms. The number of para-hydroxylation sites is 5. The minimum Gasteiger partial charge on any atom is -0.456 e. The molecule has 0 N–H and O–H groups in total. The second kappa shape index (κ2) is 10.3. The first-order chi connectivity index (χ1) is 22.3. The van der Waals surface area contributed by atoms with Gasteiger partial charge in [0.1, 0.15) is 11.2 Å². The van der Waals surface area contributed by atoms with Crippen LogP contribution in [-0.2, 0) is 0 Å². The molecule has 0 saturated heterocycles. The Hall–Kier alpha value is -6.06. The zero-order valence-electron chi connectivity index (χ0n) is 24.5. The SMILES string of the molecule is c1ccc(N(c2ccc(-n3c4ccccc4c4ccccc43)cc2)c2ccccc2-c2cccc3oc4ccccc4c23)cc1. The summed E-state index contributed by atoms with van der Waals surface area (Å²) < 4.78 is 8.64. The molecule has 2 aromatic heterocycles. The van der Waals surface area contributed by atoms with E-state index in [1.807, 2.05) is 12.1 Å². The minimum absolute atomic E-state index is 0.894. The maximum absolute atomic E-state index is 6.28. The lowest BCUT2D eigenvalue weighted by Gasteiger charge is -2.28. The van der Waals surface area contributed by atoms with E-state index in [0.29, 0.717) is 0 Å². The molecular weight excluding hydrogens is 548 g/mol. The van der Waals surface area contributed by atoms with Crippen LogP contribution in [0.25, 0.3) is 60.6 Å². The summed E-state index contributed by atoms with van der Waals surface area (Å²) in [5.41, 5.74) is 10.9. The molecule has 212 valence electrons. The predicted molar refractivity (Wildman–Crippen MR) is 188 cm³/mol. The van der Waals surface area contributed by atoms with Gasteiger partial charge in [-0.2, -0.15) is 0 Å². The molecule has 45 heavy (non-hydrogen) atoms. The number of anilines is 3. The van der Waals surface area contributed by atoms with Crippen LogP contribution in [0.5, 0.6) is 0 Å². The van der Waals surface area contributed by atoms with Crippen molar-refractivity contribution >= 4 is 60.8 Å². The van der Waals surface area contributed by atoms with E-state index in [0.717, 1.165) is 55.8 Å². The van der Waals surface area contributed by atoms with Gasteiger partial charge in [-0.25, -0.2) is 0 Å². The Balaban J connectivity index is 1.24. The lowest BCUT2D eigenvalue weighted by molar-refractivity contribution is 0.669. The molecule has 0 radical (unpaired) electrons. The molecule has 0 aliphatic rings. The molecular formula is C42H28N2O. The number of benzene rings is 7. The molecule has 0 aliphatic heterocycles. The average Bonchev–Trinajstić information content (AvgIpc) is 3.66. The molecule has 9 aromatic rings. The molecule has 0 fully saturated rings. The number of hydrogen-bond donors (Lipinski definition) is 0. The largest absolute Gasteiger partial charge is 0.456 e. The van der Waals surface area contributed by atoms with E-state index in [1.165, 1.54) is 21.8 Å². The molecule has 0 saturated carbocycles. The monoisotopic (exact) mass is 576 g/mol. The molecule has 0 unspecified atom stereocenters. The molecule has 0 aliphatic carbocycles. The first-order valence-corrected chi connectivity index (χ1v) is 15.3. The van der Waals surface area contributed by atoms with Crippen molar-refractivity contribution in [3.8, 4) is 16.8 Å². The topological polar surface area (TPSA) is 21.3 Å². The fraction of sp³-hybridized carbons (Fsp3) is 0. The van der Waals surface area contributed by atoms with E-state index < -0.39 is 0 Å². The summed E-state index contributed by atoms with van der Waals surface area (Å²) in [5, 5.41) is 4.78. The van der Waals surface area contributed by atoms with Crippen molar-refractivity contribution in [2.75, 3.05) is 4.90 Å². The summed E-state index contributed by atoms with van der Waals surface area (Å²) in [4.78, 5) is 2.35. The first kappa shape index (κ1) is 25.4. The Labute approximate surface area is 260 Å². The van der Waals surface area contributed by atoms with Crippen LogP contribution in [0.1, 0.15) is 0 Å². The van der Waals surface area contributed by atoms with Gasteiger partial charge in [0.15, 0.2) is 0 Å². The number of nitrogens with zero attached hydrogens (tertiary/aromatic N) is 2. The number of hydrogen-bond acceptors (Lipinski definition) is 2. The van der Waals surface area contributed by atoms with Crippen LogP contribution in [0.2, 0.25) is 0 Å². The highest BCUT2D eigenvalue weighted by molar-refractivity contribution is 6.14. The van der Waals surface area contributed by atoms with Crippen molar-refractivity contribution in [2.45, 2.75) is 0 Å². The van der Waals surface area contributed by atoms with Crippen LogP contribution in [-0.4, -0.2) is 4.57 Å². The smallest absolute Gasteiger partial charge is 0.136 e. The Morgan fingerprint density at radius 3 is 1.71 bits per heavy atom. The third-order valence-corrected chi connectivity index (χ3v) is 8.80. The van der Waals surface area contributed by atoms with Gasteiger partial charge in [0.05, 0.1) is 16.7 Å². The Morgan fingerprint density at radius 1 is 0.400 bits per heavy atom. The van der Waals surface area contributed by atoms with E-state index in [2.05, 4.69) is 167 Å². The molecule has 2 heterocycles. The van der Waals surface area contributed by atoms with Crippen LogP contribution in [0.15, 0.2) is 174 Å². The Bertz CT molecular complexity index is 2430. The Morgan fingerprint density at radius 2 is 0.956 bits per heavy atom. The van der Waals surface area contributed by atoms with Crippen LogP contribution in [0.4, 0.5) is 17.1 Å². The number of furan rings is 1. The zero-order chi connectivity index (χ0) is 29.7. The summed E-state index contributed by atoms with van der Waals surface area (Å²) in [6.45, 7) is 0. The lowest BCUT2D eigenvalue weighted by Crippen LogP contribution is -2.11. The van der Waals surface area contributed by atoms with Gasteiger partial charge in [-0.3, -0.25) is 0 Å². The number of rotatable bonds is 5. The van der Waals surface area contributed by atoms with E-state index in [-0.39, 0.29) is 0 Å². The van der Waals surface area contributed by atoms with Gasteiger partial charge < -0.3 is 13.9 Å². The molecule has 9 rings (SSSR count). The summed E-state index contributed by atoms with van der Waals surface area (Å²) in [7, 11) is 0. The third kappa shape index (κ3) is 4.05. The minimum atomic E-state index is 0.894. The molecule has 0 atom stereocenters. The van der Waals surface area contributed by atoms with Crippen molar-refractivity contribution < 1.29 is 4.42 Å². The van der Waals surface area contributed by atoms with Crippen LogP contribution in [0.3, 0.4) is 0 Å². The lowest BCUT2D eigenvalue weighted by atomic mass is 9.97. The van der Waals surface area contributed by atoms with Gasteiger partial charge in [-0.15, -0.1) is 0 Å². The highest BCUT2D eigenvalue weighted by Gasteiger charge is 2.20. The van der Waals surface area contributed by atoms with E-state index >= 15 is 0 Å². The molecule has 3 nitrogen and oxygen atoms in total. The number of fused-ring (bicyclic) bond motifs is 6. The predicted octanol–water partition coefficient (Wildman–Crippen LogP) is 11.8. The summed E-state index contributed by atoms with van der Waals surface area (Å²) in [6, 6.07) is 60.1. The van der Waals surface area contributed by atoms with Crippen molar-refractivity contribution in [1.82, 2.24) is 4.57 Å². The molecule has 0 spiro atoms. The van der Waals surface area contributed by atoms with Crippen LogP contribution in [0, 0.1) is 0 Å². The molecule has 0 bridgehead atoms. The van der Waals surface area contributed by atoms with Gasteiger partial charge in [0.25, 0.3) is 0 Å². The summed E-state index contributed by atoms with van der Waals surface area (Å²) >= 11 is 0. The zero-order valence-corrected chi connectivity index (χ0v) is 24.5. The maximum Gasteiger partial charge on any atom is 0.136 e. The van der Waals surface area contributed by atoms with E-state index in [4.69, 9.17) is 4.42 Å². The van der Waals surface area contributed by atoms with Crippen molar-refractivity contribution in [1.29, 1.82) is 0 Å². The fourth-order valence-corrected chi connectivity index (χ4v) is 6.85. The van der Waals surface area contributed by atoms with Crippen LogP contribution < -0.4 is 4.90 Å². The normalized spacial score (nSPS) is 11.6. The highest BCUT2D eigenvalue weighted by Crippen LogP contribution is 2.44. The highest BCUT2D eigenvalue weighted by atomic mass is 16.3. The summed E-state index contributed by atoms with van der Waals surface area (Å²) in [6.07, 6.45) is 0. The van der Waals surface area contributed by atoms with Crippen LogP contribution >= 0.6 is 0 Å². The maximum atomic E-state index is 6.28. The standard InChI is InChI=1S/C42H28N2O/c1-2-13-29(14-3-1)43(30-25-27-31(28-26-30)44-38-21-9-4-15-32(38)33-16-5-10-22-39(33)44)37-20-8-6-17-34(37)35-19-12-24-41-42(35)36-18-7-11-23-40(36)45-41/h1-28H. The fourth-order valence-electron chi connectivity index (χ4n) is 6.85. The second-order valence-electron chi connectivity index (χ2n) is 11.4. The van der Waals surface area contributed by atoms with Crippen molar-refractivity contribution in [3.63, 3.8) is 0 Å². The van der Waals surface area contributed by atoms with Gasteiger partial charge in [0, 0.05) is 44.2 Å².